The molecule has 8 heteroatoms. The van der Waals surface area contributed by atoms with Crippen LogP contribution in [0.25, 0.3) is 0 Å². The summed E-state index contributed by atoms with van der Waals surface area (Å²) in [6.45, 7) is 7.87. The van der Waals surface area contributed by atoms with Crippen molar-refractivity contribution < 1.29 is 19.5 Å². The fraction of sp³-hybridized carbons (Fsp3) is 0.550. The minimum absolute atomic E-state index is 0.00671. The Morgan fingerprint density at radius 1 is 1.36 bits per heavy atom. The fourth-order valence-electron chi connectivity index (χ4n) is 2.88. The molecule has 0 radical (unpaired) electrons. The molecule has 1 aromatic heterocycles. The van der Waals surface area contributed by atoms with Gasteiger partial charge in [-0.2, -0.15) is 0 Å². The molecule has 2 N–H and O–H groups in total. The van der Waals surface area contributed by atoms with Crippen LogP contribution in [0.4, 0.5) is 0 Å². The molecule has 8 nitrogen and oxygen atoms in total. The first kappa shape index (κ1) is 21.5. The number of carbonyl (C=O) groups is 3. The molecule has 0 aromatic carbocycles. The van der Waals surface area contributed by atoms with E-state index >= 15 is 0 Å². The topological polar surface area (TPSA) is 112 Å². The molecule has 152 valence electrons. The number of rotatable bonds is 8. The van der Waals surface area contributed by atoms with Crippen molar-refractivity contribution in [3.63, 3.8) is 0 Å². The van der Waals surface area contributed by atoms with Crippen LogP contribution in [0.3, 0.4) is 0 Å². The first-order valence-corrected chi connectivity index (χ1v) is 9.48. The SMILES string of the molecule is CCc1cnc(C2=NC(C)(C(C)C)C(=O)N2)c(C(=O)N(C)CCCC(=O)O)c1. The highest BCUT2D eigenvalue weighted by Crippen LogP contribution is 2.27. The number of aliphatic carboxylic acids is 1. The molecule has 0 bridgehead atoms. The second-order valence-corrected chi connectivity index (χ2v) is 7.53. The number of carboxylic acid groups (broad SMARTS) is 1. The highest BCUT2D eigenvalue weighted by molar-refractivity contribution is 6.18. The Balaban J connectivity index is 2.38. The van der Waals surface area contributed by atoms with Gasteiger partial charge >= 0.3 is 5.97 Å². The van der Waals surface area contributed by atoms with Crippen molar-refractivity contribution in [2.75, 3.05) is 13.6 Å². The molecule has 2 amide bonds. The molecule has 2 rings (SSSR count). The second kappa shape index (κ2) is 8.50. The number of carboxylic acids is 1. The van der Waals surface area contributed by atoms with Crippen molar-refractivity contribution in [2.45, 2.75) is 52.5 Å². The summed E-state index contributed by atoms with van der Waals surface area (Å²) in [5, 5.41) is 11.6. The number of pyridine rings is 1. The molecular formula is C20H28N4O4. The lowest BCUT2D eigenvalue weighted by atomic mass is 9.89. The van der Waals surface area contributed by atoms with E-state index in [9.17, 15) is 14.4 Å². The number of amides is 2. The fourth-order valence-corrected chi connectivity index (χ4v) is 2.88. The van der Waals surface area contributed by atoms with E-state index in [1.807, 2.05) is 20.8 Å². The van der Waals surface area contributed by atoms with Gasteiger partial charge in [-0.25, -0.2) is 4.99 Å². The van der Waals surface area contributed by atoms with E-state index in [-0.39, 0.29) is 24.2 Å². The van der Waals surface area contributed by atoms with Gasteiger partial charge < -0.3 is 15.3 Å². The number of nitrogens with one attached hydrogen (secondary N) is 1. The van der Waals surface area contributed by atoms with Crippen molar-refractivity contribution in [3.8, 4) is 0 Å². The molecule has 0 spiro atoms. The molecular weight excluding hydrogens is 360 g/mol. The van der Waals surface area contributed by atoms with Crippen LogP contribution in [0.15, 0.2) is 17.3 Å². The van der Waals surface area contributed by atoms with E-state index in [0.29, 0.717) is 36.5 Å². The highest BCUT2D eigenvalue weighted by atomic mass is 16.4. The Kier molecular flexibility index (Phi) is 6.53. The number of amidine groups is 1. The zero-order valence-corrected chi connectivity index (χ0v) is 17.1. The van der Waals surface area contributed by atoms with Crippen LogP contribution in [-0.4, -0.2) is 57.7 Å². The van der Waals surface area contributed by atoms with Crippen LogP contribution in [0, 0.1) is 5.92 Å². The van der Waals surface area contributed by atoms with E-state index < -0.39 is 11.5 Å². The number of hydrogen-bond acceptors (Lipinski definition) is 5. The summed E-state index contributed by atoms with van der Waals surface area (Å²) < 4.78 is 0. The predicted octanol–water partition coefficient (Wildman–Crippen LogP) is 1.87. The Hall–Kier alpha value is -2.77. The van der Waals surface area contributed by atoms with Gasteiger partial charge in [0.25, 0.3) is 11.8 Å². The third-order valence-corrected chi connectivity index (χ3v) is 5.20. The van der Waals surface area contributed by atoms with Gasteiger partial charge in [-0.3, -0.25) is 19.4 Å². The van der Waals surface area contributed by atoms with Gasteiger partial charge in [0.15, 0.2) is 5.84 Å². The van der Waals surface area contributed by atoms with E-state index in [4.69, 9.17) is 5.11 Å². The number of aromatic nitrogens is 1. The van der Waals surface area contributed by atoms with Crippen LogP contribution in [0.2, 0.25) is 0 Å². The van der Waals surface area contributed by atoms with Crippen LogP contribution in [0.5, 0.6) is 0 Å². The lowest BCUT2D eigenvalue weighted by Crippen LogP contribution is -2.41. The molecule has 0 saturated carbocycles. The predicted molar refractivity (Wildman–Crippen MR) is 105 cm³/mol. The second-order valence-electron chi connectivity index (χ2n) is 7.53. The Morgan fingerprint density at radius 3 is 2.57 bits per heavy atom. The highest BCUT2D eigenvalue weighted by Gasteiger charge is 2.43. The number of aliphatic imine (C=N–C) groups is 1. The number of carbonyl (C=O) groups excluding carboxylic acids is 2. The van der Waals surface area contributed by atoms with Crippen molar-refractivity contribution in [1.82, 2.24) is 15.2 Å². The summed E-state index contributed by atoms with van der Waals surface area (Å²) in [4.78, 5) is 46.6. The molecule has 0 fully saturated rings. The smallest absolute Gasteiger partial charge is 0.303 e. The van der Waals surface area contributed by atoms with Gasteiger partial charge in [0, 0.05) is 26.2 Å². The van der Waals surface area contributed by atoms with Crippen LogP contribution < -0.4 is 5.32 Å². The molecule has 1 unspecified atom stereocenters. The zero-order chi connectivity index (χ0) is 21.1. The van der Waals surface area contributed by atoms with Gasteiger partial charge in [0.2, 0.25) is 0 Å². The first-order valence-electron chi connectivity index (χ1n) is 9.48. The molecule has 28 heavy (non-hydrogen) atoms. The first-order chi connectivity index (χ1) is 13.1. The molecule has 0 saturated heterocycles. The maximum Gasteiger partial charge on any atom is 0.303 e. The Morgan fingerprint density at radius 2 is 2.04 bits per heavy atom. The average molecular weight is 388 g/mol. The summed E-state index contributed by atoms with van der Waals surface area (Å²) in [6, 6.07) is 1.76. The number of aryl methyl sites for hydroxylation is 1. The van der Waals surface area contributed by atoms with Crippen LogP contribution in [-0.2, 0) is 16.0 Å². The molecule has 1 aliphatic heterocycles. The lowest BCUT2D eigenvalue weighted by Gasteiger charge is -2.21. The summed E-state index contributed by atoms with van der Waals surface area (Å²) in [5.74, 6) is -1.11. The number of nitrogens with zero attached hydrogens (tertiary/aromatic N) is 3. The molecule has 1 aliphatic rings. The third kappa shape index (κ3) is 4.37. The largest absolute Gasteiger partial charge is 0.481 e. The third-order valence-electron chi connectivity index (χ3n) is 5.20. The van der Waals surface area contributed by atoms with Crippen molar-refractivity contribution in [3.05, 3.63) is 29.1 Å². The van der Waals surface area contributed by atoms with Crippen molar-refractivity contribution in [2.24, 2.45) is 10.9 Å². The molecule has 0 aliphatic carbocycles. The molecule has 2 heterocycles. The zero-order valence-electron chi connectivity index (χ0n) is 17.1. The Bertz CT molecular complexity index is 818. The van der Waals surface area contributed by atoms with E-state index in [0.717, 1.165) is 5.56 Å². The summed E-state index contributed by atoms with van der Waals surface area (Å²) in [5.41, 5.74) is 0.672. The average Bonchev–Trinajstić information content (AvgIpc) is 2.96. The quantitative estimate of drug-likeness (QED) is 0.706. The number of hydrogen-bond donors (Lipinski definition) is 2. The van der Waals surface area contributed by atoms with Crippen LogP contribution >= 0.6 is 0 Å². The summed E-state index contributed by atoms with van der Waals surface area (Å²) >= 11 is 0. The minimum Gasteiger partial charge on any atom is -0.481 e. The van der Waals surface area contributed by atoms with Gasteiger partial charge in [-0.1, -0.05) is 20.8 Å². The minimum atomic E-state index is -0.909. The monoisotopic (exact) mass is 388 g/mol. The maximum atomic E-state index is 13.0. The van der Waals surface area contributed by atoms with Gasteiger partial charge in [0.1, 0.15) is 11.2 Å². The lowest BCUT2D eigenvalue weighted by molar-refractivity contribution is -0.137. The summed E-state index contributed by atoms with van der Waals surface area (Å²) in [7, 11) is 1.62. The standard InChI is InChI=1S/C20H28N4O4/c1-6-13-10-14(18(27)24(5)9-7-8-15(25)26)16(21-11-13)17-22-19(28)20(4,23-17)12(2)3/h10-12H,6-9H2,1-5H3,(H,25,26)(H,22,23,28). The normalized spacial score (nSPS) is 18.8. The van der Waals surface area contributed by atoms with Crippen molar-refractivity contribution >= 4 is 23.6 Å². The Labute approximate surface area is 165 Å². The van der Waals surface area contributed by atoms with E-state index in [1.54, 1.807) is 26.2 Å². The van der Waals surface area contributed by atoms with E-state index in [2.05, 4.69) is 15.3 Å². The summed E-state index contributed by atoms with van der Waals surface area (Å²) in [6.07, 6.45) is 2.74. The van der Waals surface area contributed by atoms with Crippen LogP contribution in [0.1, 0.15) is 62.2 Å². The van der Waals surface area contributed by atoms with Gasteiger partial charge in [-0.05, 0) is 37.3 Å². The van der Waals surface area contributed by atoms with Gasteiger partial charge in [-0.15, -0.1) is 0 Å². The van der Waals surface area contributed by atoms with Gasteiger partial charge in [0.05, 0.1) is 5.56 Å². The van der Waals surface area contributed by atoms with E-state index in [1.165, 1.54) is 4.90 Å². The molecule has 1 aromatic rings. The molecule has 1 atom stereocenters. The maximum absolute atomic E-state index is 13.0. The van der Waals surface area contributed by atoms with Crippen molar-refractivity contribution in [1.29, 1.82) is 0 Å².